The van der Waals surface area contributed by atoms with Crippen LogP contribution in [0.15, 0.2) is 29.3 Å². The molecule has 1 aliphatic rings. The van der Waals surface area contributed by atoms with E-state index < -0.39 is 0 Å². The van der Waals surface area contributed by atoms with E-state index in [1.54, 1.807) is 7.05 Å². The average molecular weight is 363 g/mol. The normalized spacial score (nSPS) is 20.4. The molecule has 3 N–H and O–H groups in total. The summed E-state index contributed by atoms with van der Waals surface area (Å²) in [6.45, 7) is 3.02. The SMILES string of the molecule is CCSC1CCC(NC(=NC)NCCc2cccc(C(=O)NC)c2)C1. The summed E-state index contributed by atoms with van der Waals surface area (Å²) in [5.41, 5.74) is 1.84. The Morgan fingerprint density at radius 2 is 2.20 bits per heavy atom. The van der Waals surface area contributed by atoms with Crippen molar-refractivity contribution in [3.63, 3.8) is 0 Å². The molecule has 25 heavy (non-hydrogen) atoms. The number of thioether (sulfide) groups is 1. The first-order valence-corrected chi connectivity index (χ1v) is 10.1. The molecule has 1 saturated carbocycles. The Morgan fingerprint density at radius 1 is 1.36 bits per heavy atom. The van der Waals surface area contributed by atoms with Crippen molar-refractivity contribution in [2.24, 2.45) is 4.99 Å². The van der Waals surface area contributed by atoms with Crippen LogP contribution in [-0.2, 0) is 6.42 Å². The fraction of sp³-hybridized carbons (Fsp3) is 0.579. The molecule has 1 amide bonds. The summed E-state index contributed by atoms with van der Waals surface area (Å²) in [7, 11) is 3.47. The van der Waals surface area contributed by atoms with Gasteiger partial charge in [-0.1, -0.05) is 19.1 Å². The van der Waals surface area contributed by atoms with Crippen LogP contribution in [-0.4, -0.2) is 49.6 Å². The summed E-state index contributed by atoms with van der Waals surface area (Å²) >= 11 is 2.06. The van der Waals surface area contributed by atoms with Gasteiger partial charge in [0.15, 0.2) is 5.96 Å². The van der Waals surface area contributed by atoms with E-state index in [4.69, 9.17) is 0 Å². The van der Waals surface area contributed by atoms with Crippen molar-refractivity contribution >= 4 is 23.6 Å². The van der Waals surface area contributed by atoms with E-state index in [1.807, 2.05) is 31.3 Å². The first-order chi connectivity index (χ1) is 12.2. The maximum Gasteiger partial charge on any atom is 0.251 e. The van der Waals surface area contributed by atoms with Crippen LogP contribution < -0.4 is 16.0 Å². The fourth-order valence-corrected chi connectivity index (χ4v) is 4.33. The molecule has 5 nitrogen and oxygen atoms in total. The number of carbonyl (C=O) groups excluding carboxylic acids is 1. The lowest BCUT2D eigenvalue weighted by molar-refractivity contribution is 0.0963. The number of nitrogens with zero attached hydrogens (tertiary/aromatic N) is 1. The summed E-state index contributed by atoms with van der Waals surface area (Å²) in [6.07, 6.45) is 4.57. The largest absolute Gasteiger partial charge is 0.356 e. The second-order valence-corrected chi connectivity index (χ2v) is 7.84. The Morgan fingerprint density at radius 3 is 2.92 bits per heavy atom. The highest BCUT2D eigenvalue weighted by Gasteiger charge is 2.24. The fourth-order valence-electron chi connectivity index (χ4n) is 3.18. The van der Waals surface area contributed by atoms with Gasteiger partial charge < -0.3 is 16.0 Å². The average Bonchev–Trinajstić information content (AvgIpc) is 3.07. The van der Waals surface area contributed by atoms with Crippen molar-refractivity contribution in [2.75, 3.05) is 26.4 Å². The molecule has 0 bridgehead atoms. The third-order valence-corrected chi connectivity index (χ3v) is 5.71. The molecule has 0 aromatic heterocycles. The van der Waals surface area contributed by atoms with Crippen LogP contribution in [0.25, 0.3) is 0 Å². The molecule has 2 atom stereocenters. The van der Waals surface area contributed by atoms with E-state index in [0.29, 0.717) is 11.6 Å². The predicted molar refractivity (Wildman–Crippen MR) is 108 cm³/mol. The lowest BCUT2D eigenvalue weighted by Crippen LogP contribution is -2.43. The zero-order valence-electron chi connectivity index (χ0n) is 15.5. The van der Waals surface area contributed by atoms with Crippen LogP contribution >= 0.6 is 11.8 Å². The van der Waals surface area contributed by atoms with Gasteiger partial charge in [-0.3, -0.25) is 9.79 Å². The Hall–Kier alpha value is -1.69. The highest BCUT2D eigenvalue weighted by molar-refractivity contribution is 7.99. The molecule has 0 aliphatic heterocycles. The van der Waals surface area contributed by atoms with Gasteiger partial charge in [0.1, 0.15) is 0 Å². The van der Waals surface area contributed by atoms with Crippen LogP contribution in [0, 0.1) is 0 Å². The number of aliphatic imine (C=N–C) groups is 1. The molecule has 1 aromatic carbocycles. The van der Waals surface area contributed by atoms with E-state index in [9.17, 15) is 4.79 Å². The number of hydrogen-bond acceptors (Lipinski definition) is 3. The minimum absolute atomic E-state index is 0.0481. The van der Waals surface area contributed by atoms with Crippen molar-refractivity contribution in [2.45, 2.75) is 43.9 Å². The molecule has 0 saturated heterocycles. The van der Waals surface area contributed by atoms with Gasteiger partial charge in [0.2, 0.25) is 0 Å². The summed E-state index contributed by atoms with van der Waals surface area (Å²) in [5.74, 6) is 2.02. The zero-order chi connectivity index (χ0) is 18.1. The molecule has 0 radical (unpaired) electrons. The zero-order valence-corrected chi connectivity index (χ0v) is 16.3. The summed E-state index contributed by atoms with van der Waals surface area (Å²) in [4.78, 5) is 16.0. The Kier molecular flexibility index (Phi) is 8.12. The number of nitrogens with one attached hydrogen (secondary N) is 3. The Labute approximate surface area is 155 Å². The molecule has 1 aromatic rings. The second kappa shape index (κ2) is 10.3. The molecule has 6 heteroatoms. The number of rotatable bonds is 7. The quantitative estimate of drug-likeness (QED) is 0.515. The molecule has 138 valence electrons. The van der Waals surface area contributed by atoms with Crippen LogP contribution in [0.3, 0.4) is 0 Å². The maximum absolute atomic E-state index is 11.7. The Bertz CT molecular complexity index is 591. The number of guanidine groups is 1. The van der Waals surface area contributed by atoms with E-state index in [0.717, 1.165) is 29.7 Å². The van der Waals surface area contributed by atoms with E-state index in [-0.39, 0.29) is 5.91 Å². The van der Waals surface area contributed by atoms with Crippen molar-refractivity contribution in [1.82, 2.24) is 16.0 Å². The molecule has 2 rings (SSSR count). The first kappa shape index (κ1) is 19.6. The molecule has 1 fully saturated rings. The highest BCUT2D eigenvalue weighted by atomic mass is 32.2. The lowest BCUT2D eigenvalue weighted by atomic mass is 10.1. The van der Waals surface area contributed by atoms with Gasteiger partial charge >= 0.3 is 0 Å². The van der Waals surface area contributed by atoms with E-state index in [1.165, 1.54) is 25.0 Å². The van der Waals surface area contributed by atoms with Crippen LogP contribution in [0.5, 0.6) is 0 Å². The standard InChI is InChI=1S/C19H30N4OS/c1-4-25-17-9-8-16(13-17)23-19(21-3)22-11-10-14-6-5-7-15(12-14)18(24)20-2/h5-7,12,16-17H,4,8-11,13H2,1-3H3,(H,20,24)(H2,21,22,23). The molecular formula is C19H30N4OS. The molecule has 2 unspecified atom stereocenters. The van der Waals surface area contributed by atoms with E-state index >= 15 is 0 Å². The number of amides is 1. The Balaban J connectivity index is 1.77. The number of hydrogen-bond donors (Lipinski definition) is 3. The van der Waals surface area contributed by atoms with Crippen molar-refractivity contribution in [3.05, 3.63) is 35.4 Å². The summed E-state index contributed by atoms with van der Waals surface area (Å²) in [5, 5.41) is 10.4. The number of benzene rings is 1. The molecule has 1 aliphatic carbocycles. The first-order valence-electron chi connectivity index (χ1n) is 9.06. The minimum Gasteiger partial charge on any atom is -0.356 e. The van der Waals surface area contributed by atoms with Crippen molar-refractivity contribution in [1.29, 1.82) is 0 Å². The number of carbonyl (C=O) groups is 1. The van der Waals surface area contributed by atoms with Gasteiger partial charge in [0.05, 0.1) is 0 Å². The van der Waals surface area contributed by atoms with Gasteiger partial charge in [-0.15, -0.1) is 0 Å². The molecule has 0 heterocycles. The summed E-state index contributed by atoms with van der Waals surface area (Å²) < 4.78 is 0. The van der Waals surface area contributed by atoms with Crippen LogP contribution in [0.4, 0.5) is 0 Å². The van der Waals surface area contributed by atoms with Gasteiger partial charge in [0, 0.05) is 37.5 Å². The van der Waals surface area contributed by atoms with Gasteiger partial charge in [-0.05, 0) is 49.1 Å². The van der Waals surface area contributed by atoms with E-state index in [2.05, 4.69) is 39.6 Å². The van der Waals surface area contributed by atoms with Crippen molar-refractivity contribution < 1.29 is 4.79 Å². The minimum atomic E-state index is -0.0481. The second-order valence-electron chi connectivity index (χ2n) is 6.26. The topological polar surface area (TPSA) is 65.5 Å². The predicted octanol–water partition coefficient (Wildman–Crippen LogP) is 2.43. The maximum atomic E-state index is 11.7. The molecular weight excluding hydrogens is 332 g/mol. The van der Waals surface area contributed by atoms with Crippen LogP contribution in [0.1, 0.15) is 42.1 Å². The van der Waals surface area contributed by atoms with Crippen LogP contribution in [0.2, 0.25) is 0 Å². The van der Waals surface area contributed by atoms with Gasteiger partial charge in [-0.25, -0.2) is 0 Å². The van der Waals surface area contributed by atoms with Gasteiger partial charge in [0.25, 0.3) is 5.91 Å². The highest BCUT2D eigenvalue weighted by Crippen LogP contribution is 2.29. The lowest BCUT2D eigenvalue weighted by Gasteiger charge is -2.17. The third-order valence-electron chi connectivity index (χ3n) is 4.47. The molecule has 0 spiro atoms. The van der Waals surface area contributed by atoms with Crippen molar-refractivity contribution in [3.8, 4) is 0 Å². The monoisotopic (exact) mass is 362 g/mol. The third kappa shape index (κ3) is 6.27. The smallest absolute Gasteiger partial charge is 0.251 e. The van der Waals surface area contributed by atoms with Gasteiger partial charge in [-0.2, -0.15) is 11.8 Å². The summed E-state index contributed by atoms with van der Waals surface area (Å²) in [6, 6.07) is 8.28.